The SMILES string of the molecule is CC(C)CCNC(=O)c1csc(-c2ccc(OCc3ccc(F)cc3)cc2)n1. The number of rotatable bonds is 8. The quantitative estimate of drug-likeness (QED) is 0.560. The van der Waals surface area contributed by atoms with Crippen LogP contribution in [-0.2, 0) is 6.61 Å². The summed E-state index contributed by atoms with van der Waals surface area (Å²) in [7, 11) is 0. The molecule has 0 aliphatic carbocycles. The highest BCUT2D eigenvalue weighted by atomic mass is 32.1. The molecule has 0 spiro atoms. The van der Waals surface area contributed by atoms with Gasteiger partial charge in [0.1, 0.15) is 28.9 Å². The minimum Gasteiger partial charge on any atom is -0.489 e. The number of thiazole rings is 1. The summed E-state index contributed by atoms with van der Waals surface area (Å²) in [5.41, 5.74) is 2.28. The summed E-state index contributed by atoms with van der Waals surface area (Å²) in [5, 5.41) is 5.47. The van der Waals surface area contributed by atoms with Crippen LogP contribution in [0.5, 0.6) is 5.75 Å². The molecule has 0 aliphatic rings. The van der Waals surface area contributed by atoms with Gasteiger partial charge in [-0.05, 0) is 54.3 Å². The van der Waals surface area contributed by atoms with E-state index in [0.717, 1.165) is 28.3 Å². The van der Waals surface area contributed by atoms with Gasteiger partial charge in [-0.2, -0.15) is 0 Å². The van der Waals surface area contributed by atoms with Crippen molar-refractivity contribution < 1.29 is 13.9 Å². The Morgan fingerprint density at radius 1 is 1.14 bits per heavy atom. The van der Waals surface area contributed by atoms with Gasteiger partial charge in [0.25, 0.3) is 5.91 Å². The molecule has 0 saturated heterocycles. The summed E-state index contributed by atoms with van der Waals surface area (Å²) in [4.78, 5) is 16.6. The molecule has 1 heterocycles. The smallest absolute Gasteiger partial charge is 0.270 e. The lowest BCUT2D eigenvalue weighted by Gasteiger charge is -2.07. The second-order valence-electron chi connectivity index (χ2n) is 6.92. The topological polar surface area (TPSA) is 51.2 Å². The number of amides is 1. The van der Waals surface area contributed by atoms with Crippen LogP contribution in [0.25, 0.3) is 10.6 Å². The van der Waals surface area contributed by atoms with Crippen LogP contribution in [0.2, 0.25) is 0 Å². The average molecular weight is 399 g/mol. The normalized spacial score (nSPS) is 10.9. The summed E-state index contributed by atoms with van der Waals surface area (Å²) in [6.45, 7) is 5.28. The standard InChI is InChI=1S/C22H23FN2O2S/c1-15(2)11-12-24-21(26)20-14-28-22(25-20)17-5-9-19(10-6-17)27-13-16-3-7-18(23)8-4-16/h3-10,14-15H,11-13H2,1-2H3,(H,24,26). The van der Waals surface area contributed by atoms with E-state index in [0.29, 0.717) is 24.8 Å². The van der Waals surface area contributed by atoms with E-state index < -0.39 is 0 Å². The van der Waals surface area contributed by atoms with Gasteiger partial charge in [-0.3, -0.25) is 4.79 Å². The van der Waals surface area contributed by atoms with Crippen molar-refractivity contribution in [3.63, 3.8) is 0 Å². The van der Waals surface area contributed by atoms with Gasteiger partial charge in [0.15, 0.2) is 0 Å². The van der Waals surface area contributed by atoms with Crippen molar-refractivity contribution in [1.29, 1.82) is 0 Å². The van der Waals surface area contributed by atoms with E-state index in [1.54, 1.807) is 17.5 Å². The van der Waals surface area contributed by atoms with Crippen molar-refractivity contribution in [3.05, 3.63) is 71.0 Å². The third-order valence-electron chi connectivity index (χ3n) is 4.16. The molecule has 0 radical (unpaired) electrons. The molecule has 146 valence electrons. The highest BCUT2D eigenvalue weighted by Gasteiger charge is 2.12. The number of nitrogens with one attached hydrogen (secondary N) is 1. The molecular formula is C22H23FN2O2S. The molecule has 2 aromatic carbocycles. The highest BCUT2D eigenvalue weighted by Crippen LogP contribution is 2.26. The number of nitrogens with zero attached hydrogens (tertiary/aromatic N) is 1. The first-order valence-electron chi connectivity index (χ1n) is 9.22. The van der Waals surface area contributed by atoms with Gasteiger partial charge in [-0.15, -0.1) is 11.3 Å². The summed E-state index contributed by atoms with van der Waals surface area (Å²) in [6.07, 6.45) is 0.947. The number of ether oxygens (including phenoxy) is 1. The molecule has 1 N–H and O–H groups in total. The van der Waals surface area contributed by atoms with Crippen molar-refractivity contribution >= 4 is 17.2 Å². The Kier molecular flexibility index (Phi) is 6.76. The van der Waals surface area contributed by atoms with Gasteiger partial charge in [0, 0.05) is 17.5 Å². The summed E-state index contributed by atoms with van der Waals surface area (Å²) < 4.78 is 18.7. The number of hydrogen-bond donors (Lipinski definition) is 1. The van der Waals surface area contributed by atoms with E-state index in [2.05, 4.69) is 24.1 Å². The molecule has 0 fully saturated rings. The highest BCUT2D eigenvalue weighted by molar-refractivity contribution is 7.13. The fourth-order valence-corrected chi connectivity index (χ4v) is 3.32. The van der Waals surface area contributed by atoms with Crippen LogP contribution in [0.3, 0.4) is 0 Å². The fourth-order valence-electron chi connectivity index (χ4n) is 2.52. The van der Waals surface area contributed by atoms with E-state index in [1.165, 1.54) is 23.5 Å². The molecule has 4 nitrogen and oxygen atoms in total. The van der Waals surface area contributed by atoms with Crippen LogP contribution in [-0.4, -0.2) is 17.4 Å². The minimum absolute atomic E-state index is 0.137. The maximum absolute atomic E-state index is 12.9. The lowest BCUT2D eigenvalue weighted by molar-refractivity contribution is 0.0948. The molecule has 0 saturated carbocycles. The second-order valence-corrected chi connectivity index (χ2v) is 7.77. The Labute approximate surface area is 168 Å². The molecule has 0 atom stereocenters. The van der Waals surface area contributed by atoms with Crippen molar-refractivity contribution in [3.8, 4) is 16.3 Å². The zero-order valence-electron chi connectivity index (χ0n) is 15.9. The lowest BCUT2D eigenvalue weighted by Crippen LogP contribution is -2.25. The number of hydrogen-bond acceptors (Lipinski definition) is 4. The zero-order chi connectivity index (χ0) is 19.9. The maximum Gasteiger partial charge on any atom is 0.270 e. The van der Waals surface area contributed by atoms with Gasteiger partial charge >= 0.3 is 0 Å². The zero-order valence-corrected chi connectivity index (χ0v) is 16.8. The average Bonchev–Trinajstić information content (AvgIpc) is 3.18. The number of halogens is 1. The molecule has 3 rings (SSSR count). The first kappa shape index (κ1) is 20.0. The van der Waals surface area contributed by atoms with Crippen LogP contribution >= 0.6 is 11.3 Å². The molecule has 3 aromatic rings. The van der Waals surface area contributed by atoms with Crippen LogP contribution in [0.15, 0.2) is 53.9 Å². The minimum atomic E-state index is -0.260. The second kappa shape index (κ2) is 9.46. The van der Waals surface area contributed by atoms with Gasteiger partial charge in [-0.1, -0.05) is 26.0 Å². The van der Waals surface area contributed by atoms with E-state index >= 15 is 0 Å². The fraction of sp³-hybridized carbons (Fsp3) is 0.273. The molecule has 28 heavy (non-hydrogen) atoms. The molecule has 0 aliphatic heterocycles. The Hall–Kier alpha value is -2.73. The molecule has 0 unspecified atom stereocenters. The van der Waals surface area contributed by atoms with Gasteiger partial charge < -0.3 is 10.1 Å². The third-order valence-corrected chi connectivity index (χ3v) is 5.06. The monoisotopic (exact) mass is 398 g/mol. The van der Waals surface area contributed by atoms with Gasteiger partial charge in [-0.25, -0.2) is 9.37 Å². The maximum atomic E-state index is 12.9. The van der Waals surface area contributed by atoms with Crippen molar-refractivity contribution in [2.75, 3.05) is 6.54 Å². The summed E-state index contributed by atoms with van der Waals surface area (Å²) in [5.74, 6) is 0.873. The van der Waals surface area contributed by atoms with Crippen molar-refractivity contribution in [2.24, 2.45) is 5.92 Å². The van der Waals surface area contributed by atoms with Gasteiger partial charge in [0.2, 0.25) is 0 Å². The molecule has 0 bridgehead atoms. The summed E-state index contributed by atoms with van der Waals surface area (Å²) in [6, 6.07) is 13.8. The van der Waals surface area contributed by atoms with Crippen LogP contribution < -0.4 is 10.1 Å². The van der Waals surface area contributed by atoms with E-state index in [1.807, 2.05) is 24.3 Å². The Bertz CT molecular complexity index is 905. The number of aromatic nitrogens is 1. The molecule has 6 heteroatoms. The first-order chi connectivity index (χ1) is 13.5. The first-order valence-corrected chi connectivity index (χ1v) is 10.1. The van der Waals surface area contributed by atoms with E-state index in [9.17, 15) is 9.18 Å². The van der Waals surface area contributed by atoms with Crippen LogP contribution in [0.4, 0.5) is 4.39 Å². The molecular weight excluding hydrogens is 375 g/mol. The Morgan fingerprint density at radius 2 is 1.86 bits per heavy atom. The van der Waals surface area contributed by atoms with Crippen LogP contribution in [0.1, 0.15) is 36.3 Å². The number of carbonyl (C=O) groups excluding carboxylic acids is 1. The predicted octanol–water partition coefficient (Wildman–Crippen LogP) is 5.30. The number of carbonyl (C=O) groups is 1. The third kappa shape index (κ3) is 5.63. The van der Waals surface area contributed by atoms with Gasteiger partial charge in [0.05, 0.1) is 0 Å². The predicted molar refractivity (Wildman–Crippen MR) is 110 cm³/mol. The van der Waals surface area contributed by atoms with E-state index in [4.69, 9.17) is 4.74 Å². The lowest BCUT2D eigenvalue weighted by atomic mass is 10.1. The van der Waals surface area contributed by atoms with Crippen LogP contribution in [0, 0.1) is 11.7 Å². The number of benzene rings is 2. The van der Waals surface area contributed by atoms with Crippen molar-refractivity contribution in [2.45, 2.75) is 26.9 Å². The Balaban J connectivity index is 1.56. The Morgan fingerprint density at radius 3 is 2.54 bits per heavy atom. The largest absolute Gasteiger partial charge is 0.489 e. The molecule has 1 amide bonds. The molecule has 1 aromatic heterocycles. The van der Waals surface area contributed by atoms with Crippen molar-refractivity contribution in [1.82, 2.24) is 10.3 Å². The summed E-state index contributed by atoms with van der Waals surface area (Å²) >= 11 is 1.44. The van der Waals surface area contributed by atoms with E-state index in [-0.39, 0.29) is 11.7 Å².